The Bertz CT molecular complexity index is 88.5. The SMILES string of the molecule is [CH2]CCP(=O)(O)O.[NaH]. The van der Waals surface area contributed by atoms with Gasteiger partial charge in [0, 0.05) is 6.16 Å². The first-order valence-corrected chi connectivity index (χ1v) is 3.70. The Balaban J connectivity index is 0. The molecule has 3 nitrogen and oxygen atoms in total. The second-order valence-corrected chi connectivity index (χ2v) is 3.02. The molecule has 0 aromatic heterocycles. The molecule has 5 heteroatoms. The van der Waals surface area contributed by atoms with Crippen LogP contribution in [0, 0.1) is 6.92 Å². The molecule has 0 aliphatic heterocycles. The van der Waals surface area contributed by atoms with E-state index in [4.69, 9.17) is 9.79 Å². The van der Waals surface area contributed by atoms with E-state index >= 15 is 0 Å². The van der Waals surface area contributed by atoms with Gasteiger partial charge in [0.05, 0.1) is 0 Å². The van der Waals surface area contributed by atoms with Crippen LogP contribution in [0.4, 0.5) is 0 Å². The van der Waals surface area contributed by atoms with Gasteiger partial charge in [-0.25, -0.2) is 0 Å². The Hall–Kier alpha value is 1.15. The van der Waals surface area contributed by atoms with Crippen molar-refractivity contribution >= 4 is 37.2 Å². The number of hydrogen-bond donors (Lipinski definition) is 2. The van der Waals surface area contributed by atoms with Crippen LogP contribution in [0.2, 0.25) is 0 Å². The predicted molar refractivity (Wildman–Crippen MR) is 34.0 cm³/mol. The third-order valence-electron chi connectivity index (χ3n) is 0.449. The monoisotopic (exact) mass is 147 g/mol. The van der Waals surface area contributed by atoms with E-state index in [1.165, 1.54) is 0 Å². The fourth-order valence-corrected chi connectivity index (χ4v) is 0.618. The molecule has 0 saturated carbocycles. The third-order valence-corrected chi connectivity index (χ3v) is 1.35. The second kappa shape index (κ2) is 4.98. The maximum absolute atomic E-state index is 9.89. The normalized spacial score (nSPS) is 10.4. The van der Waals surface area contributed by atoms with Crippen molar-refractivity contribution in [3.8, 4) is 0 Å². The summed E-state index contributed by atoms with van der Waals surface area (Å²) < 4.78 is 9.89. The van der Waals surface area contributed by atoms with Crippen LogP contribution in [0.1, 0.15) is 6.42 Å². The molecule has 0 heterocycles. The van der Waals surface area contributed by atoms with Gasteiger partial charge in [0.1, 0.15) is 0 Å². The van der Waals surface area contributed by atoms with Gasteiger partial charge in [-0.2, -0.15) is 0 Å². The molecule has 0 aliphatic carbocycles. The zero-order valence-electron chi connectivity index (χ0n) is 3.87. The quantitative estimate of drug-likeness (QED) is 0.418. The van der Waals surface area contributed by atoms with Crippen LogP contribution in [-0.4, -0.2) is 45.5 Å². The Labute approximate surface area is 70.9 Å². The van der Waals surface area contributed by atoms with Gasteiger partial charge >= 0.3 is 37.2 Å². The molecular weight excluding hydrogens is 138 g/mol. The zero-order valence-corrected chi connectivity index (χ0v) is 4.77. The number of rotatable bonds is 2. The average Bonchev–Trinajstić information content (AvgIpc) is 1.30. The fraction of sp³-hybridized carbons (Fsp3) is 0.667. The summed E-state index contributed by atoms with van der Waals surface area (Å²) in [5, 5.41) is 0. The Kier molecular flexibility index (Phi) is 7.40. The summed E-state index contributed by atoms with van der Waals surface area (Å²) in [4.78, 5) is 16.2. The van der Waals surface area contributed by atoms with E-state index in [0.29, 0.717) is 6.42 Å². The van der Waals surface area contributed by atoms with Crippen molar-refractivity contribution in [3.05, 3.63) is 6.92 Å². The van der Waals surface area contributed by atoms with Crippen LogP contribution in [0.5, 0.6) is 0 Å². The predicted octanol–water partition coefficient (Wildman–Crippen LogP) is -0.260. The summed E-state index contributed by atoms with van der Waals surface area (Å²) in [7, 11) is -3.73. The Morgan fingerprint density at radius 3 is 1.88 bits per heavy atom. The topological polar surface area (TPSA) is 57.5 Å². The summed E-state index contributed by atoms with van der Waals surface area (Å²) in [6, 6.07) is 0. The van der Waals surface area contributed by atoms with Crippen molar-refractivity contribution in [1.29, 1.82) is 0 Å². The van der Waals surface area contributed by atoms with E-state index < -0.39 is 7.60 Å². The first kappa shape index (κ1) is 11.9. The molecule has 8 heavy (non-hydrogen) atoms. The molecule has 0 unspecified atom stereocenters. The van der Waals surface area contributed by atoms with E-state index in [9.17, 15) is 4.57 Å². The van der Waals surface area contributed by atoms with Gasteiger partial charge in [0.2, 0.25) is 0 Å². The minimum atomic E-state index is -3.73. The molecule has 0 atom stereocenters. The standard InChI is InChI=1S/C3H8O3P.Na.H/c1-2-3-7(4,5)6;;/h1-3H2,(H2,4,5,6);;. The molecule has 45 valence electrons. The first-order valence-electron chi connectivity index (χ1n) is 1.90. The van der Waals surface area contributed by atoms with Gasteiger partial charge in [-0.05, 0) is 6.42 Å². The zero-order chi connectivity index (χ0) is 5.91. The molecule has 0 bridgehead atoms. The van der Waals surface area contributed by atoms with E-state index in [1.807, 2.05) is 0 Å². The molecule has 0 amide bonds. The van der Waals surface area contributed by atoms with Crippen LogP contribution < -0.4 is 0 Å². The first-order chi connectivity index (χ1) is 3.06. The van der Waals surface area contributed by atoms with Crippen LogP contribution in [0.15, 0.2) is 0 Å². The molecule has 2 N–H and O–H groups in total. The fourth-order valence-electron chi connectivity index (χ4n) is 0.206. The molecule has 1 radical (unpaired) electrons. The average molecular weight is 147 g/mol. The summed E-state index contributed by atoms with van der Waals surface area (Å²) in [6.07, 6.45) is 0.192. The van der Waals surface area contributed by atoms with Gasteiger partial charge in [-0.3, -0.25) is 4.57 Å². The van der Waals surface area contributed by atoms with Gasteiger partial charge < -0.3 is 9.79 Å². The third kappa shape index (κ3) is 10.2. The van der Waals surface area contributed by atoms with Gasteiger partial charge in [0.25, 0.3) is 0 Å². The van der Waals surface area contributed by atoms with Crippen molar-refractivity contribution in [2.24, 2.45) is 0 Å². The molecule has 0 aliphatic rings. The minimum absolute atomic E-state index is 0. The van der Waals surface area contributed by atoms with Crippen LogP contribution >= 0.6 is 7.60 Å². The van der Waals surface area contributed by atoms with E-state index in [1.54, 1.807) is 0 Å². The van der Waals surface area contributed by atoms with Crippen molar-refractivity contribution in [2.45, 2.75) is 6.42 Å². The van der Waals surface area contributed by atoms with Crippen LogP contribution in [-0.2, 0) is 4.57 Å². The van der Waals surface area contributed by atoms with Crippen molar-refractivity contribution in [3.63, 3.8) is 0 Å². The molecule has 0 fully saturated rings. The van der Waals surface area contributed by atoms with Crippen LogP contribution in [0.25, 0.3) is 0 Å². The molecular formula is C3H9NaO3P. The van der Waals surface area contributed by atoms with Crippen molar-refractivity contribution < 1.29 is 14.4 Å². The van der Waals surface area contributed by atoms with Crippen LogP contribution in [0.3, 0.4) is 0 Å². The van der Waals surface area contributed by atoms with Gasteiger partial charge in [0.15, 0.2) is 0 Å². The van der Waals surface area contributed by atoms with Gasteiger partial charge in [-0.1, -0.05) is 6.92 Å². The molecule has 0 spiro atoms. The molecule has 0 aromatic carbocycles. The summed E-state index contributed by atoms with van der Waals surface area (Å²) in [6.45, 7) is 3.28. The van der Waals surface area contributed by atoms with E-state index in [0.717, 1.165) is 0 Å². The van der Waals surface area contributed by atoms with Crippen molar-refractivity contribution in [1.82, 2.24) is 0 Å². The van der Waals surface area contributed by atoms with E-state index in [-0.39, 0.29) is 35.7 Å². The molecule has 0 saturated heterocycles. The van der Waals surface area contributed by atoms with Crippen molar-refractivity contribution in [2.75, 3.05) is 6.16 Å². The number of hydrogen-bond acceptors (Lipinski definition) is 1. The molecule has 0 rings (SSSR count). The van der Waals surface area contributed by atoms with Gasteiger partial charge in [-0.15, -0.1) is 0 Å². The maximum atomic E-state index is 9.89. The summed E-state index contributed by atoms with van der Waals surface area (Å²) >= 11 is 0. The Morgan fingerprint density at radius 1 is 1.50 bits per heavy atom. The summed E-state index contributed by atoms with van der Waals surface area (Å²) in [5.74, 6) is 0. The second-order valence-electron chi connectivity index (χ2n) is 1.24. The van der Waals surface area contributed by atoms with E-state index in [2.05, 4.69) is 6.92 Å². The summed E-state index contributed by atoms with van der Waals surface area (Å²) in [5.41, 5.74) is 0. The molecule has 0 aromatic rings. The Morgan fingerprint density at radius 2 is 1.88 bits per heavy atom.